The molecule has 1 aromatic carbocycles. The molecule has 1 amide bonds. The number of anilines is 3. The second kappa shape index (κ2) is 9.59. The third kappa shape index (κ3) is 5.62. The number of imidazole rings is 1. The van der Waals surface area contributed by atoms with Crippen LogP contribution >= 0.6 is 23.2 Å². The van der Waals surface area contributed by atoms with Crippen molar-refractivity contribution in [3.63, 3.8) is 0 Å². The number of fused-ring (bicyclic) bond motifs is 1. The molecule has 1 fully saturated rings. The fraction of sp³-hybridized carbons (Fsp3) is 0.520. The molecule has 1 aliphatic heterocycles. The standard InChI is InChI=1S/C25H33Cl2N7O2/c1-24(2,3)19-12-15(9-10-33(19)23(35)36)34-20-18(13-28-21(31-20)32-25(4,5)6)30-22(34)29-14-7-8-16(26)17(27)11-14/h7-8,11,13,15,19H,9-10,12H2,1-6H3,(H,29,30)(H,35,36)(H,28,31,32). The summed E-state index contributed by atoms with van der Waals surface area (Å²) >= 11 is 12.4. The van der Waals surface area contributed by atoms with Crippen LogP contribution < -0.4 is 10.6 Å². The van der Waals surface area contributed by atoms with Gasteiger partial charge in [0.05, 0.1) is 16.2 Å². The Morgan fingerprint density at radius 1 is 1.11 bits per heavy atom. The molecule has 4 rings (SSSR count). The summed E-state index contributed by atoms with van der Waals surface area (Å²) in [5, 5.41) is 17.4. The highest BCUT2D eigenvalue weighted by Crippen LogP contribution is 2.40. The van der Waals surface area contributed by atoms with Crippen LogP contribution in [0.5, 0.6) is 0 Å². The molecular weight excluding hydrogens is 501 g/mol. The van der Waals surface area contributed by atoms with Gasteiger partial charge in [0.25, 0.3) is 0 Å². The second-order valence-corrected chi connectivity index (χ2v) is 12.2. The molecule has 3 aromatic rings. The van der Waals surface area contributed by atoms with Gasteiger partial charge in [0, 0.05) is 29.9 Å². The average molecular weight is 534 g/mol. The monoisotopic (exact) mass is 533 g/mol. The number of halogens is 2. The Bertz CT molecular complexity index is 1280. The van der Waals surface area contributed by atoms with Crippen molar-refractivity contribution in [2.24, 2.45) is 5.41 Å². The number of hydrogen-bond acceptors (Lipinski definition) is 6. The highest BCUT2D eigenvalue weighted by molar-refractivity contribution is 6.42. The Kier molecular flexibility index (Phi) is 7.00. The predicted octanol–water partition coefficient (Wildman–Crippen LogP) is 6.82. The Balaban J connectivity index is 1.81. The first-order valence-electron chi connectivity index (χ1n) is 12.0. The van der Waals surface area contributed by atoms with Crippen LogP contribution in [0.15, 0.2) is 24.4 Å². The number of benzene rings is 1. The fourth-order valence-electron chi connectivity index (χ4n) is 4.65. The average Bonchev–Trinajstić information content (AvgIpc) is 3.11. The van der Waals surface area contributed by atoms with Gasteiger partial charge in [-0.1, -0.05) is 44.0 Å². The highest BCUT2D eigenvalue weighted by Gasteiger charge is 2.40. The second-order valence-electron chi connectivity index (χ2n) is 11.4. The van der Waals surface area contributed by atoms with E-state index < -0.39 is 6.09 Å². The van der Waals surface area contributed by atoms with E-state index in [9.17, 15) is 9.90 Å². The summed E-state index contributed by atoms with van der Waals surface area (Å²) in [5.74, 6) is 1.10. The molecule has 2 aromatic heterocycles. The molecule has 0 spiro atoms. The maximum absolute atomic E-state index is 12.0. The van der Waals surface area contributed by atoms with Crippen molar-refractivity contribution in [2.75, 3.05) is 17.2 Å². The van der Waals surface area contributed by atoms with Gasteiger partial charge in [-0.3, -0.25) is 4.57 Å². The predicted molar refractivity (Wildman–Crippen MR) is 145 cm³/mol. The van der Waals surface area contributed by atoms with Gasteiger partial charge in [-0.2, -0.15) is 4.98 Å². The molecule has 3 heterocycles. The highest BCUT2D eigenvalue weighted by atomic mass is 35.5. The van der Waals surface area contributed by atoms with E-state index in [1.54, 1.807) is 23.2 Å². The third-order valence-electron chi connectivity index (χ3n) is 6.28. The summed E-state index contributed by atoms with van der Waals surface area (Å²) in [6.45, 7) is 12.8. The van der Waals surface area contributed by atoms with Crippen LogP contribution in [-0.2, 0) is 0 Å². The number of rotatable bonds is 4. The van der Waals surface area contributed by atoms with Crippen LogP contribution in [-0.4, -0.2) is 53.7 Å². The van der Waals surface area contributed by atoms with E-state index in [0.717, 1.165) is 5.69 Å². The summed E-state index contributed by atoms with van der Waals surface area (Å²) in [6.07, 6.45) is 2.08. The van der Waals surface area contributed by atoms with Crippen molar-refractivity contribution in [3.05, 3.63) is 34.4 Å². The Morgan fingerprint density at radius 3 is 2.44 bits per heavy atom. The minimum Gasteiger partial charge on any atom is -0.465 e. The molecule has 11 heteroatoms. The molecule has 0 bridgehead atoms. The lowest BCUT2D eigenvalue weighted by atomic mass is 9.79. The summed E-state index contributed by atoms with van der Waals surface area (Å²) in [7, 11) is 0. The van der Waals surface area contributed by atoms with E-state index in [4.69, 9.17) is 33.2 Å². The van der Waals surface area contributed by atoms with Crippen LogP contribution in [0.1, 0.15) is 60.4 Å². The van der Waals surface area contributed by atoms with Crippen molar-refractivity contribution in [1.29, 1.82) is 0 Å². The number of hydrogen-bond donors (Lipinski definition) is 3. The fourth-order valence-corrected chi connectivity index (χ4v) is 4.95. The van der Waals surface area contributed by atoms with Gasteiger partial charge in [0.1, 0.15) is 5.52 Å². The topological polar surface area (TPSA) is 108 Å². The third-order valence-corrected chi connectivity index (χ3v) is 7.02. The van der Waals surface area contributed by atoms with Crippen LogP contribution in [0.3, 0.4) is 0 Å². The lowest BCUT2D eigenvalue weighted by Gasteiger charge is -2.45. The Labute approximate surface area is 221 Å². The number of carboxylic acid groups (broad SMARTS) is 1. The molecule has 9 nitrogen and oxygen atoms in total. The smallest absolute Gasteiger partial charge is 0.407 e. The van der Waals surface area contributed by atoms with E-state index >= 15 is 0 Å². The number of piperidine rings is 1. The maximum Gasteiger partial charge on any atom is 0.407 e. The van der Waals surface area contributed by atoms with Gasteiger partial charge in [-0.15, -0.1) is 0 Å². The van der Waals surface area contributed by atoms with Gasteiger partial charge < -0.3 is 20.6 Å². The Hall–Kier alpha value is -2.78. The van der Waals surface area contributed by atoms with E-state index in [2.05, 4.69) is 41.0 Å². The van der Waals surface area contributed by atoms with Crippen LogP contribution in [0.4, 0.5) is 22.4 Å². The first-order valence-corrected chi connectivity index (χ1v) is 12.7. The summed E-state index contributed by atoms with van der Waals surface area (Å²) in [4.78, 5) is 27.7. The first-order chi connectivity index (χ1) is 16.7. The lowest BCUT2D eigenvalue weighted by molar-refractivity contribution is 0.0437. The van der Waals surface area contributed by atoms with Crippen molar-refractivity contribution in [2.45, 2.75) is 72.0 Å². The molecule has 3 N–H and O–H groups in total. The molecule has 2 unspecified atom stereocenters. The van der Waals surface area contributed by atoms with Crippen LogP contribution in [0.2, 0.25) is 10.0 Å². The summed E-state index contributed by atoms with van der Waals surface area (Å²) in [5.41, 5.74) is 1.60. The summed E-state index contributed by atoms with van der Waals surface area (Å²) in [6, 6.07) is 5.11. The molecule has 194 valence electrons. The van der Waals surface area contributed by atoms with Crippen molar-refractivity contribution in [3.8, 4) is 0 Å². The minimum absolute atomic E-state index is 0.0301. The van der Waals surface area contributed by atoms with Gasteiger partial charge in [-0.05, 0) is 57.2 Å². The minimum atomic E-state index is -0.892. The van der Waals surface area contributed by atoms with Gasteiger partial charge in [0.2, 0.25) is 11.9 Å². The normalized spacial score (nSPS) is 18.9. The molecule has 0 saturated carbocycles. The quantitative estimate of drug-likeness (QED) is 0.337. The summed E-state index contributed by atoms with van der Waals surface area (Å²) < 4.78 is 2.07. The zero-order chi connectivity index (χ0) is 26.4. The van der Waals surface area contributed by atoms with Gasteiger partial charge in [-0.25, -0.2) is 14.8 Å². The molecule has 1 aliphatic rings. The molecule has 0 radical (unpaired) electrons. The number of likely N-dealkylation sites (tertiary alicyclic amines) is 1. The number of aromatic nitrogens is 4. The Morgan fingerprint density at radius 2 is 1.83 bits per heavy atom. The van der Waals surface area contributed by atoms with Crippen LogP contribution in [0.25, 0.3) is 11.2 Å². The van der Waals surface area contributed by atoms with Crippen molar-refractivity contribution in [1.82, 2.24) is 24.4 Å². The maximum atomic E-state index is 12.0. The molecule has 0 aliphatic carbocycles. The van der Waals surface area contributed by atoms with Gasteiger partial charge >= 0.3 is 6.09 Å². The van der Waals surface area contributed by atoms with E-state index in [1.165, 1.54) is 0 Å². The largest absolute Gasteiger partial charge is 0.465 e. The number of nitrogens with one attached hydrogen (secondary N) is 2. The molecular formula is C25H33Cl2N7O2. The van der Waals surface area contributed by atoms with E-state index in [-0.39, 0.29) is 23.0 Å². The molecule has 2 atom stereocenters. The van der Waals surface area contributed by atoms with Crippen molar-refractivity contribution >= 4 is 58.0 Å². The number of amides is 1. The van der Waals surface area contributed by atoms with Gasteiger partial charge in [0.15, 0.2) is 5.65 Å². The number of nitrogens with zero attached hydrogens (tertiary/aromatic N) is 5. The SMILES string of the molecule is CC(C)(C)Nc1ncc2nc(Nc3ccc(Cl)c(Cl)c3)n(C3CCN(C(=O)O)C(C(C)(C)C)C3)c2n1. The first kappa shape index (κ1) is 26.3. The van der Waals surface area contributed by atoms with Crippen molar-refractivity contribution < 1.29 is 9.90 Å². The van der Waals surface area contributed by atoms with Crippen LogP contribution in [0, 0.1) is 5.41 Å². The zero-order valence-corrected chi connectivity index (χ0v) is 22.9. The van der Waals surface area contributed by atoms with E-state index in [1.807, 2.05) is 26.8 Å². The molecule has 1 saturated heterocycles. The van der Waals surface area contributed by atoms with E-state index in [0.29, 0.717) is 52.5 Å². The lowest BCUT2D eigenvalue weighted by Crippen LogP contribution is -2.51. The zero-order valence-electron chi connectivity index (χ0n) is 21.4. The molecule has 36 heavy (non-hydrogen) atoms. The number of carbonyl (C=O) groups is 1.